The van der Waals surface area contributed by atoms with Gasteiger partial charge in [0.15, 0.2) is 5.82 Å². The van der Waals surface area contributed by atoms with Gasteiger partial charge in [0.1, 0.15) is 18.6 Å². The number of non-ortho nitro benzene ring substituents is 1. The molecule has 9 heteroatoms. The van der Waals surface area contributed by atoms with Crippen LogP contribution in [0.15, 0.2) is 48.8 Å². The highest BCUT2D eigenvalue weighted by Crippen LogP contribution is 2.25. The van der Waals surface area contributed by atoms with E-state index in [1.54, 1.807) is 18.2 Å². The number of hydrogen-bond acceptors (Lipinski definition) is 6. The smallest absolute Gasteiger partial charge is 0.270 e. The zero-order valence-electron chi connectivity index (χ0n) is 14.7. The van der Waals surface area contributed by atoms with Gasteiger partial charge < -0.3 is 10.1 Å². The van der Waals surface area contributed by atoms with Crippen LogP contribution in [0.3, 0.4) is 0 Å². The lowest BCUT2D eigenvalue weighted by molar-refractivity contribution is -0.384. The molecule has 1 amide bonds. The predicted molar refractivity (Wildman–Crippen MR) is 98.5 cm³/mol. The minimum absolute atomic E-state index is 0.0480. The molecule has 0 aliphatic rings. The highest BCUT2D eigenvalue weighted by atomic mass is 16.6. The summed E-state index contributed by atoms with van der Waals surface area (Å²) in [5.74, 6) is 0.568. The zero-order valence-corrected chi connectivity index (χ0v) is 14.7. The second-order valence-electron chi connectivity index (χ2n) is 5.83. The Bertz CT molecular complexity index is 999. The number of amides is 1. The maximum Gasteiger partial charge on any atom is 0.270 e. The van der Waals surface area contributed by atoms with Crippen molar-refractivity contribution in [2.45, 2.75) is 13.5 Å². The second kappa shape index (κ2) is 7.65. The Morgan fingerprint density at radius 2 is 2.11 bits per heavy atom. The fraction of sp³-hybridized carbons (Fsp3) is 0.167. The number of nitrogens with one attached hydrogen (secondary N) is 1. The van der Waals surface area contributed by atoms with E-state index >= 15 is 0 Å². The van der Waals surface area contributed by atoms with E-state index in [1.807, 2.05) is 19.1 Å². The molecule has 1 aromatic heterocycles. The Labute approximate surface area is 154 Å². The number of benzene rings is 2. The number of methoxy groups -OCH3 is 1. The molecule has 3 rings (SSSR count). The Kier molecular flexibility index (Phi) is 5.11. The average Bonchev–Trinajstić information content (AvgIpc) is 3.10. The number of anilines is 1. The maximum absolute atomic E-state index is 12.3. The summed E-state index contributed by atoms with van der Waals surface area (Å²) in [6.45, 7) is 1.86. The van der Waals surface area contributed by atoms with Crippen LogP contribution in [0.4, 0.5) is 11.4 Å². The number of rotatable bonds is 6. The Hall–Kier alpha value is -3.75. The largest absolute Gasteiger partial charge is 0.495 e. The molecular weight excluding hydrogens is 350 g/mol. The van der Waals surface area contributed by atoms with E-state index in [2.05, 4.69) is 15.4 Å². The fourth-order valence-corrected chi connectivity index (χ4v) is 2.52. The van der Waals surface area contributed by atoms with Gasteiger partial charge in [0.05, 0.1) is 17.7 Å². The van der Waals surface area contributed by atoms with Gasteiger partial charge >= 0.3 is 0 Å². The quantitative estimate of drug-likeness (QED) is 0.529. The minimum atomic E-state index is -0.483. The lowest BCUT2D eigenvalue weighted by atomic mass is 10.2. The Balaban J connectivity index is 1.72. The van der Waals surface area contributed by atoms with Gasteiger partial charge in [0.25, 0.3) is 5.69 Å². The van der Waals surface area contributed by atoms with E-state index in [-0.39, 0.29) is 18.1 Å². The Morgan fingerprint density at radius 3 is 2.85 bits per heavy atom. The van der Waals surface area contributed by atoms with Crippen molar-refractivity contribution in [3.05, 3.63) is 64.5 Å². The van der Waals surface area contributed by atoms with Crippen molar-refractivity contribution in [2.24, 2.45) is 0 Å². The van der Waals surface area contributed by atoms with Crippen molar-refractivity contribution in [3.8, 4) is 17.1 Å². The van der Waals surface area contributed by atoms with Crippen LogP contribution in [-0.2, 0) is 11.3 Å². The molecular formula is C18H17N5O4. The molecule has 1 heterocycles. The number of nitro benzene ring substituents is 1. The molecule has 3 aromatic rings. The summed E-state index contributed by atoms with van der Waals surface area (Å²) in [6.07, 6.45) is 1.40. The molecule has 0 radical (unpaired) electrons. The van der Waals surface area contributed by atoms with Gasteiger partial charge in [0.2, 0.25) is 5.91 Å². The molecule has 9 nitrogen and oxygen atoms in total. The molecule has 0 saturated heterocycles. The topological polar surface area (TPSA) is 112 Å². The van der Waals surface area contributed by atoms with E-state index in [1.165, 1.54) is 30.3 Å². The highest BCUT2D eigenvalue weighted by molar-refractivity contribution is 5.92. The number of hydrogen-bond donors (Lipinski definition) is 1. The van der Waals surface area contributed by atoms with Gasteiger partial charge in [-0.2, -0.15) is 5.10 Å². The van der Waals surface area contributed by atoms with Crippen LogP contribution >= 0.6 is 0 Å². The fourth-order valence-electron chi connectivity index (χ4n) is 2.52. The lowest BCUT2D eigenvalue weighted by Gasteiger charge is -2.10. The van der Waals surface area contributed by atoms with Crippen molar-refractivity contribution in [1.82, 2.24) is 14.8 Å². The van der Waals surface area contributed by atoms with Crippen molar-refractivity contribution in [2.75, 3.05) is 12.4 Å². The number of nitrogens with zero attached hydrogens (tertiary/aromatic N) is 4. The van der Waals surface area contributed by atoms with Crippen LogP contribution < -0.4 is 10.1 Å². The third-order valence-corrected chi connectivity index (χ3v) is 3.79. The van der Waals surface area contributed by atoms with Crippen molar-refractivity contribution in [3.63, 3.8) is 0 Å². The van der Waals surface area contributed by atoms with Gasteiger partial charge in [-0.25, -0.2) is 9.67 Å². The zero-order chi connectivity index (χ0) is 19.4. The molecule has 1 N–H and O–H groups in total. The number of aryl methyl sites for hydroxylation is 1. The van der Waals surface area contributed by atoms with E-state index in [0.29, 0.717) is 22.8 Å². The summed E-state index contributed by atoms with van der Waals surface area (Å²) >= 11 is 0. The van der Waals surface area contributed by atoms with Gasteiger partial charge in [-0.15, -0.1) is 0 Å². The van der Waals surface area contributed by atoms with Gasteiger partial charge in [-0.05, 0) is 24.6 Å². The summed E-state index contributed by atoms with van der Waals surface area (Å²) < 4.78 is 6.61. The average molecular weight is 367 g/mol. The number of aromatic nitrogens is 3. The molecule has 138 valence electrons. The van der Waals surface area contributed by atoms with Crippen molar-refractivity contribution >= 4 is 17.3 Å². The molecule has 0 atom stereocenters. The van der Waals surface area contributed by atoms with Crippen LogP contribution in [0, 0.1) is 17.0 Å². The number of nitro groups is 1. The maximum atomic E-state index is 12.3. The number of carbonyl (C=O) groups is 1. The summed E-state index contributed by atoms with van der Waals surface area (Å²) in [5, 5.41) is 17.9. The SMILES string of the molecule is COc1ccc(C)cc1NC(=O)Cn1cnc(-c2cccc([N+](=O)[O-])c2)n1. The second-order valence-corrected chi connectivity index (χ2v) is 5.83. The third kappa shape index (κ3) is 4.27. The van der Waals surface area contributed by atoms with Crippen LogP contribution in [-0.4, -0.2) is 32.7 Å². The lowest BCUT2D eigenvalue weighted by Crippen LogP contribution is -2.19. The van der Waals surface area contributed by atoms with E-state index in [0.717, 1.165) is 5.56 Å². The van der Waals surface area contributed by atoms with Crippen molar-refractivity contribution in [1.29, 1.82) is 0 Å². The van der Waals surface area contributed by atoms with E-state index in [9.17, 15) is 14.9 Å². The molecule has 0 aliphatic heterocycles. The standard InChI is InChI=1S/C18H17N5O4/c1-12-6-7-16(27-2)15(8-12)20-17(24)10-22-11-19-18(21-22)13-4-3-5-14(9-13)23(25)26/h3-9,11H,10H2,1-2H3,(H,20,24). The summed E-state index contributed by atoms with van der Waals surface area (Å²) in [4.78, 5) is 26.8. The molecule has 27 heavy (non-hydrogen) atoms. The molecule has 0 saturated carbocycles. The normalized spacial score (nSPS) is 10.4. The van der Waals surface area contributed by atoms with Crippen LogP contribution in [0.2, 0.25) is 0 Å². The highest BCUT2D eigenvalue weighted by Gasteiger charge is 2.13. The minimum Gasteiger partial charge on any atom is -0.495 e. The van der Waals surface area contributed by atoms with E-state index < -0.39 is 4.92 Å². The predicted octanol–water partition coefficient (Wildman–Crippen LogP) is 2.81. The Morgan fingerprint density at radius 1 is 1.30 bits per heavy atom. The van der Waals surface area contributed by atoms with Crippen LogP contribution in [0.5, 0.6) is 5.75 Å². The first-order valence-electron chi connectivity index (χ1n) is 8.05. The first-order chi connectivity index (χ1) is 13.0. The molecule has 0 aliphatic carbocycles. The third-order valence-electron chi connectivity index (χ3n) is 3.79. The van der Waals surface area contributed by atoms with Crippen LogP contribution in [0.25, 0.3) is 11.4 Å². The number of ether oxygens (including phenoxy) is 1. The molecule has 0 bridgehead atoms. The van der Waals surface area contributed by atoms with Gasteiger partial charge in [0, 0.05) is 17.7 Å². The number of carbonyl (C=O) groups excluding carboxylic acids is 1. The van der Waals surface area contributed by atoms with Gasteiger partial charge in [-0.3, -0.25) is 14.9 Å². The van der Waals surface area contributed by atoms with E-state index in [4.69, 9.17) is 4.74 Å². The summed E-state index contributed by atoms with van der Waals surface area (Å²) in [7, 11) is 1.53. The molecule has 2 aromatic carbocycles. The summed E-state index contributed by atoms with van der Waals surface area (Å²) in [6, 6.07) is 11.5. The molecule has 0 spiro atoms. The molecule has 0 fully saturated rings. The van der Waals surface area contributed by atoms with Crippen molar-refractivity contribution < 1.29 is 14.5 Å². The monoisotopic (exact) mass is 367 g/mol. The van der Waals surface area contributed by atoms with Crippen LogP contribution in [0.1, 0.15) is 5.56 Å². The first-order valence-corrected chi connectivity index (χ1v) is 8.05. The van der Waals surface area contributed by atoms with Gasteiger partial charge in [-0.1, -0.05) is 18.2 Å². The summed E-state index contributed by atoms with van der Waals surface area (Å²) in [5.41, 5.74) is 2.01. The molecule has 0 unspecified atom stereocenters. The first kappa shape index (κ1) is 18.1.